The molecule has 0 fully saturated rings. The van der Waals surface area contributed by atoms with Crippen molar-refractivity contribution in [2.24, 2.45) is 5.73 Å². The van der Waals surface area contributed by atoms with E-state index in [0.29, 0.717) is 38.6 Å². The molecule has 0 aromatic rings. The highest BCUT2D eigenvalue weighted by Crippen LogP contribution is 2.11. The minimum absolute atomic E-state index is 0.160. The number of hydrogen-bond donors (Lipinski definition) is 3. The second kappa shape index (κ2) is 34.4. The Morgan fingerprint density at radius 2 is 1.21 bits per heavy atom. The highest BCUT2D eigenvalue weighted by molar-refractivity contribution is 5.83. The van der Waals surface area contributed by atoms with Crippen LogP contribution >= 0.6 is 0 Å². The number of carboxylic acid groups (broad SMARTS) is 1. The van der Waals surface area contributed by atoms with Crippen LogP contribution in [0.15, 0.2) is 60.8 Å². The number of allylic oxidation sites excluding steroid dienone is 8. The summed E-state index contributed by atoms with van der Waals surface area (Å²) in [5.41, 5.74) is 5.45. The fraction of sp³-hybridized carbons (Fsp3) is 0.675. The lowest BCUT2D eigenvalue weighted by atomic mass is 10.1. The Morgan fingerprint density at radius 3 is 1.87 bits per heavy atom. The summed E-state index contributed by atoms with van der Waals surface area (Å²) in [6.07, 6.45) is 41.7. The van der Waals surface area contributed by atoms with Gasteiger partial charge in [-0.15, -0.1) is 0 Å². The first-order chi connectivity index (χ1) is 22.9. The number of carbonyl (C=O) groups is 3. The van der Waals surface area contributed by atoms with Crippen LogP contribution in [0.25, 0.3) is 0 Å². The number of carboxylic acids is 1. The van der Waals surface area contributed by atoms with Gasteiger partial charge in [-0.2, -0.15) is 0 Å². The van der Waals surface area contributed by atoms with Crippen molar-refractivity contribution in [1.29, 1.82) is 0 Å². The summed E-state index contributed by atoms with van der Waals surface area (Å²) in [5, 5.41) is 11.8. The van der Waals surface area contributed by atoms with Crippen molar-refractivity contribution in [2.75, 3.05) is 6.54 Å². The third kappa shape index (κ3) is 31.4. The quantitative estimate of drug-likeness (QED) is 0.0377. The molecule has 2 atom stereocenters. The number of hydrogen-bond acceptors (Lipinski definition) is 5. The molecule has 7 heteroatoms. The number of rotatable bonds is 32. The van der Waals surface area contributed by atoms with E-state index < -0.39 is 12.0 Å². The van der Waals surface area contributed by atoms with Gasteiger partial charge < -0.3 is 20.9 Å². The number of amides is 1. The summed E-state index contributed by atoms with van der Waals surface area (Å²) >= 11 is 0. The van der Waals surface area contributed by atoms with Crippen molar-refractivity contribution < 1.29 is 24.2 Å². The molecule has 0 radical (unpaired) electrons. The SMILES string of the molecule is CC/C=C\C/C=C\C(/C=C\CCCCCC(=O)NC(CCCN)C(=O)O)OC(=O)CCCCCCC/C=C\C/C=C\CCCCCC. The monoisotopic (exact) mass is 657 g/mol. The number of aliphatic carboxylic acids is 1. The van der Waals surface area contributed by atoms with E-state index in [2.05, 4.69) is 55.6 Å². The predicted molar refractivity (Wildman–Crippen MR) is 197 cm³/mol. The Morgan fingerprint density at radius 1 is 0.660 bits per heavy atom. The maximum atomic E-state index is 12.6. The summed E-state index contributed by atoms with van der Waals surface area (Å²) < 4.78 is 5.76. The lowest BCUT2D eigenvalue weighted by molar-refractivity contribution is -0.145. The van der Waals surface area contributed by atoms with Crippen molar-refractivity contribution in [3.63, 3.8) is 0 Å². The van der Waals surface area contributed by atoms with Crippen molar-refractivity contribution in [2.45, 2.75) is 167 Å². The van der Waals surface area contributed by atoms with Crippen LogP contribution in [-0.4, -0.2) is 41.6 Å². The van der Waals surface area contributed by atoms with Gasteiger partial charge in [-0.25, -0.2) is 4.79 Å². The molecule has 4 N–H and O–H groups in total. The van der Waals surface area contributed by atoms with Gasteiger partial charge in [0.2, 0.25) is 5.91 Å². The zero-order valence-electron chi connectivity index (χ0n) is 29.8. The topological polar surface area (TPSA) is 119 Å². The van der Waals surface area contributed by atoms with E-state index in [1.807, 2.05) is 24.3 Å². The van der Waals surface area contributed by atoms with E-state index in [-0.39, 0.29) is 18.0 Å². The first-order valence-corrected chi connectivity index (χ1v) is 18.6. The Bertz CT molecular complexity index is 922. The molecule has 0 saturated heterocycles. The van der Waals surface area contributed by atoms with Crippen LogP contribution in [-0.2, 0) is 19.1 Å². The van der Waals surface area contributed by atoms with Crippen molar-refractivity contribution in [1.82, 2.24) is 5.32 Å². The smallest absolute Gasteiger partial charge is 0.326 e. The predicted octanol–water partition coefficient (Wildman–Crippen LogP) is 9.83. The number of carbonyl (C=O) groups excluding carboxylic acids is 2. The molecule has 0 aromatic carbocycles. The molecule has 1 amide bonds. The van der Waals surface area contributed by atoms with E-state index in [0.717, 1.165) is 64.2 Å². The summed E-state index contributed by atoms with van der Waals surface area (Å²) in [6, 6.07) is -0.876. The standard InChI is InChI=1S/C40H68N2O5/c1-3-5-7-9-10-11-12-13-14-15-16-17-18-19-24-28-34-39(44)47-36(30-25-21-8-6-4-2)31-26-22-20-23-27-33-38(43)42-37(40(45)46)32-29-35-41/h6,8,11-12,14-15,25-26,30-31,36-37H,3-5,7,9-10,13,16-24,27-29,32-35,41H2,1-2H3,(H,42,43)(H,45,46)/b8-6-,12-11-,15-14-,30-25-,31-26-. The average Bonchev–Trinajstić information content (AvgIpc) is 3.05. The van der Waals surface area contributed by atoms with Gasteiger partial charge in [0.05, 0.1) is 0 Å². The molecule has 2 unspecified atom stereocenters. The molecule has 0 aliphatic rings. The fourth-order valence-electron chi connectivity index (χ4n) is 4.97. The third-order valence-corrected chi connectivity index (χ3v) is 7.78. The molecule has 7 nitrogen and oxygen atoms in total. The second-order valence-electron chi connectivity index (χ2n) is 12.2. The molecular formula is C40H68N2O5. The molecular weight excluding hydrogens is 588 g/mol. The molecule has 0 heterocycles. The molecule has 0 aliphatic heterocycles. The molecule has 0 aromatic heterocycles. The van der Waals surface area contributed by atoms with E-state index in [1.54, 1.807) is 0 Å². The molecule has 0 bridgehead atoms. The van der Waals surface area contributed by atoms with Gasteiger partial charge in [-0.1, -0.05) is 107 Å². The minimum atomic E-state index is -1.02. The maximum Gasteiger partial charge on any atom is 0.326 e. The van der Waals surface area contributed by atoms with Crippen LogP contribution in [0, 0.1) is 0 Å². The van der Waals surface area contributed by atoms with Crippen molar-refractivity contribution >= 4 is 17.8 Å². The van der Waals surface area contributed by atoms with Gasteiger partial charge >= 0.3 is 11.9 Å². The molecule has 0 aliphatic carbocycles. The van der Waals surface area contributed by atoms with Crippen LogP contribution in [0.1, 0.15) is 155 Å². The lowest BCUT2D eigenvalue weighted by Crippen LogP contribution is -2.40. The van der Waals surface area contributed by atoms with Crippen LogP contribution < -0.4 is 11.1 Å². The van der Waals surface area contributed by atoms with Gasteiger partial charge in [0.1, 0.15) is 12.1 Å². The molecule has 0 rings (SSSR count). The Hall–Kier alpha value is -2.93. The average molecular weight is 657 g/mol. The van der Waals surface area contributed by atoms with E-state index in [1.165, 1.54) is 44.9 Å². The molecule has 0 spiro atoms. The fourth-order valence-corrected chi connectivity index (χ4v) is 4.97. The second-order valence-corrected chi connectivity index (χ2v) is 12.2. The molecule has 47 heavy (non-hydrogen) atoms. The Kier molecular flexibility index (Phi) is 32.3. The number of unbranched alkanes of at least 4 members (excludes halogenated alkanes) is 12. The maximum absolute atomic E-state index is 12.6. The van der Waals surface area contributed by atoms with E-state index in [9.17, 15) is 19.5 Å². The van der Waals surface area contributed by atoms with Crippen LogP contribution in [0.5, 0.6) is 0 Å². The van der Waals surface area contributed by atoms with Crippen LogP contribution in [0.4, 0.5) is 0 Å². The zero-order valence-corrected chi connectivity index (χ0v) is 29.8. The Balaban J connectivity index is 4.26. The highest BCUT2D eigenvalue weighted by Gasteiger charge is 2.18. The van der Waals surface area contributed by atoms with Gasteiger partial charge in [-0.05, 0) is 102 Å². The van der Waals surface area contributed by atoms with Gasteiger partial charge in [0.25, 0.3) is 0 Å². The van der Waals surface area contributed by atoms with Gasteiger partial charge in [-0.3, -0.25) is 9.59 Å². The first-order valence-electron chi connectivity index (χ1n) is 18.6. The van der Waals surface area contributed by atoms with Crippen LogP contribution in [0.2, 0.25) is 0 Å². The largest absolute Gasteiger partial charge is 0.480 e. The van der Waals surface area contributed by atoms with Crippen LogP contribution in [0.3, 0.4) is 0 Å². The number of nitrogens with one attached hydrogen (secondary N) is 1. The number of nitrogens with two attached hydrogens (primary N) is 1. The van der Waals surface area contributed by atoms with E-state index in [4.69, 9.17) is 10.5 Å². The number of esters is 1. The van der Waals surface area contributed by atoms with Crippen molar-refractivity contribution in [3.8, 4) is 0 Å². The number of ether oxygens (including phenoxy) is 1. The molecule has 268 valence electrons. The van der Waals surface area contributed by atoms with Gasteiger partial charge in [0.15, 0.2) is 0 Å². The highest BCUT2D eigenvalue weighted by atomic mass is 16.5. The van der Waals surface area contributed by atoms with E-state index >= 15 is 0 Å². The summed E-state index contributed by atoms with van der Waals surface area (Å²) in [4.78, 5) is 36.0. The summed E-state index contributed by atoms with van der Waals surface area (Å²) in [5.74, 6) is -1.42. The van der Waals surface area contributed by atoms with Crippen molar-refractivity contribution in [3.05, 3.63) is 60.8 Å². The normalized spacial score (nSPS) is 13.4. The molecule has 0 saturated carbocycles. The zero-order chi connectivity index (χ0) is 34.6. The third-order valence-electron chi connectivity index (χ3n) is 7.78. The lowest BCUT2D eigenvalue weighted by Gasteiger charge is -2.13. The Labute approximate surface area is 287 Å². The summed E-state index contributed by atoms with van der Waals surface area (Å²) in [7, 11) is 0. The first kappa shape index (κ1) is 44.1. The summed E-state index contributed by atoms with van der Waals surface area (Å²) in [6.45, 7) is 4.75. The van der Waals surface area contributed by atoms with Gasteiger partial charge in [0, 0.05) is 12.8 Å². The minimum Gasteiger partial charge on any atom is -0.480 e.